The van der Waals surface area contributed by atoms with Gasteiger partial charge >= 0.3 is 5.97 Å². The van der Waals surface area contributed by atoms with Gasteiger partial charge in [-0.05, 0) is 0 Å². The van der Waals surface area contributed by atoms with Gasteiger partial charge in [0, 0.05) is 6.20 Å². The molecule has 0 saturated heterocycles. The summed E-state index contributed by atoms with van der Waals surface area (Å²) >= 11 is 5.41. The maximum atomic E-state index is 12.2. The third-order valence-corrected chi connectivity index (χ3v) is 1.92. The van der Waals surface area contributed by atoms with E-state index >= 15 is 0 Å². The van der Waals surface area contributed by atoms with E-state index in [2.05, 4.69) is 4.98 Å². The summed E-state index contributed by atoms with van der Waals surface area (Å²) in [7, 11) is 0. The van der Waals surface area contributed by atoms with E-state index in [9.17, 15) is 13.6 Å². The summed E-state index contributed by atoms with van der Waals surface area (Å²) in [5, 5.41) is 8.04. The van der Waals surface area contributed by atoms with E-state index in [0.717, 1.165) is 6.20 Å². The molecule has 0 spiro atoms. The number of rotatable bonds is 2. The number of carboxylic acid groups (broad SMARTS) is 1. The van der Waals surface area contributed by atoms with Gasteiger partial charge in [-0.25, -0.2) is 13.6 Å². The van der Waals surface area contributed by atoms with Gasteiger partial charge < -0.3 is 10.8 Å². The van der Waals surface area contributed by atoms with Crippen LogP contribution in [0.3, 0.4) is 0 Å². The van der Waals surface area contributed by atoms with Crippen LogP contribution in [0.15, 0.2) is 6.20 Å². The van der Waals surface area contributed by atoms with Gasteiger partial charge in [-0.2, -0.15) is 0 Å². The number of nitrogens with two attached hydrogens (primary N) is 1. The molecule has 0 aliphatic heterocycles. The van der Waals surface area contributed by atoms with Crippen molar-refractivity contribution >= 4 is 23.3 Å². The number of nitrogens with zero attached hydrogens (tertiary/aromatic N) is 1. The summed E-state index contributed by atoms with van der Waals surface area (Å²) < 4.78 is 24.4. The Kier molecular flexibility index (Phi) is 2.85. The summed E-state index contributed by atoms with van der Waals surface area (Å²) in [6.07, 6.45) is -2.13. The minimum absolute atomic E-state index is 0.389. The van der Waals surface area contributed by atoms with E-state index < -0.39 is 28.8 Å². The van der Waals surface area contributed by atoms with Crippen molar-refractivity contribution in [1.29, 1.82) is 0 Å². The Labute approximate surface area is 82.3 Å². The van der Waals surface area contributed by atoms with Crippen molar-refractivity contribution in [3.63, 3.8) is 0 Å². The molecule has 1 aromatic heterocycles. The van der Waals surface area contributed by atoms with Crippen LogP contribution in [0.25, 0.3) is 0 Å². The zero-order valence-electron chi connectivity index (χ0n) is 6.67. The number of hydrogen-bond acceptors (Lipinski definition) is 3. The van der Waals surface area contributed by atoms with E-state index in [0.29, 0.717) is 0 Å². The third-order valence-electron chi connectivity index (χ3n) is 1.52. The van der Waals surface area contributed by atoms with Gasteiger partial charge in [0.25, 0.3) is 6.43 Å². The van der Waals surface area contributed by atoms with Crippen LogP contribution in [-0.2, 0) is 0 Å². The quantitative estimate of drug-likeness (QED) is 0.802. The van der Waals surface area contributed by atoms with E-state index in [-0.39, 0.29) is 5.56 Å². The highest BCUT2D eigenvalue weighted by Crippen LogP contribution is 2.31. The van der Waals surface area contributed by atoms with Crippen molar-refractivity contribution in [2.24, 2.45) is 0 Å². The molecule has 0 amide bonds. The zero-order chi connectivity index (χ0) is 10.9. The Balaban J connectivity index is 3.33. The largest absolute Gasteiger partial charge is 0.478 e. The Morgan fingerprint density at radius 3 is 2.64 bits per heavy atom. The van der Waals surface area contributed by atoms with Crippen molar-refractivity contribution in [2.45, 2.75) is 6.43 Å². The van der Waals surface area contributed by atoms with Gasteiger partial charge in [0.15, 0.2) is 0 Å². The topological polar surface area (TPSA) is 76.2 Å². The number of pyridine rings is 1. The lowest BCUT2D eigenvalue weighted by atomic mass is 10.2. The van der Waals surface area contributed by atoms with Gasteiger partial charge in [-0.3, -0.25) is 4.98 Å². The van der Waals surface area contributed by atoms with Crippen molar-refractivity contribution in [1.82, 2.24) is 4.98 Å². The minimum atomic E-state index is -2.88. The highest BCUT2D eigenvalue weighted by atomic mass is 35.5. The Bertz CT molecular complexity index is 384. The second-order valence-electron chi connectivity index (χ2n) is 2.39. The highest BCUT2D eigenvalue weighted by molar-refractivity contribution is 6.34. The molecule has 0 saturated carbocycles. The molecule has 0 radical (unpaired) electrons. The maximum Gasteiger partial charge on any atom is 0.339 e. The van der Waals surface area contributed by atoms with Crippen LogP contribution in [0, 0.1) is 0 Å². The lowest BCUT2D eigenvalue weighted by Crippen LogP contribution is -2.06. The van der Waals surface area contributed by atoms with Crippen molar-refractivity contribution in [3.8, 4) is 0 Å². The lowest BCUT2D eigenvalue weighted by molar-refractivity contribution is 0.0697. The van der Waals surface area contributed by atoms with Crippen molar-refractivity contribution in [3.05, 3.63) is 22.5 Å². The first-order valence-electron chi connectivity index (χ1n) is 3.40. The number of anilines is 1. The molecule has 0 aromatic carbocycles. The monoisotopic (exact) mass is 222 g/mol. The van der Waals surface area contributed by atoms with E-state index in [1.165, 1.54) is 0 Å². The van der Waals surface area contributed by atoms with Crippen LogP contribution in [-0.4, -0.2) is 16.1 Å². The lowest BCUT2D eigenvalue weighted by Gasteiger charge is -2.06. The summed E-state index contributed by atoms with van der Waals surface area (Å²) in [6.45, 7) is 0. The molecule has 1 aromatic rings. The molecule has 0 fully saturated rings. The number of carboxylic acids is 1. The number of halogens is 3. The Morgan fingerprint density at radius 2 is 2.21 bits per heavy atom. The van der Waals surface area contributed by atoms with Crippen LogP contribution in [0.1, 0.15) is 22.5 Å². The first kappa shape index (κ1) is 10.6. The average Bonchev–Trinajstić information content (AvgIpc) is 2.08. The second-order valence-corrected chi connectivity index (χ2v) is 2.77. The molecule has 7 heteroatoms. The molecule has 1 heterocycles. The van der Waals surface area contributed by atoms with Crippen LogP contribution in [0.5, 0.6) is 0 Å². The molecule has 3 N–H and O–H groups in total. The van der Waals surface area contributed by atoms with Crippen LogP contribution >= 0.6 is 11.6 Å². The first-order chi connectivity index (χ1) is 6.45. The van der Waals surface area contributed by atoms with Gasteiger partial charge in [0.1, 0.15) is 11.3 Å². The van der Waals surface area contributed by atoms with Crippen LogP contribution < -0.4 is 5.73 Å². The van der Waals surface area contributed by atoms with Gasteiger partial charge in [-0.1, -0.05) is 11.6 Å². The predicted octanol–water partition coefficient (Wildman–Crippen LogP) is 1.95. The summed E-state index contributed by atoms with van der Waals surface area (Å²) in [5.74, 6) is -1.36. The van der Waals surface area contributed by atoms with Gasteiger partial charge in [-0.15, -0.1) is 0 Å². The predicted molar refractivity (Wildman–Crippen MR) is 45.6 cm³/mol. The fourth-order valence-electron chi connectivity index (χ4n) is 0.839. The van der Waals surface area contributed by atoms with E-state index in [1.54, 1.807) is 0 Å². The molecule has 0 atom stereocenters. The first-order valence-corrected chi connectivity index (χ1v) is 3.78. The molecule has 4 nitrogen and oxygen atoms in total. The van der Waals surface area contributed by atoms with Gasteiger partial charge in [0.05, 0.1) is 10.7 Å². The normalized spacial score (nSPS) is 10.6. The summed E-state index contributed by atoms with van der Waals surface area (Å²) in [5.41, 5.74) is 3.73. The molecule has 0 aliphatic carbocycles. The number of nitrogen functional groups attached to an aromatic ring is 1. The number of aromatic nitrogens is 1. The van der Waals surface area contributed by atoms with Crippen LogP contribution in [0.4, 0.5) is 14.5 Å². The fraction of sp³-hybridized carbons (Fsp3) is 0.143. The third kappa shape index (κ3) is 1.74. The maximum absolute atomic E-state index is 12.2. The Morgan fingerprint density at radius 1 is 1.64 bits per heavy atom. The zero-order valence-corrected chi connectivity index (χ0v) is 7.42. The standard InChI is InChI=1S/C7H5ClF2N2O2/c8-3-4(11)2(7(13)14)1-12-5(3)6(9)10/h1,6H,(H2,11,12)(H,13,14). The number of hydrogen-bond donors (Lipinski definition) is 2. The summed E-state index contributed by atoms with van der Waals surface area (Å²) in [4.78, 5) is 13.7. The summed E-state index contributed by atoms with van der Waals surface area (Å²) in [6, 6.07) is 0. The molecule has 0 bridgehead atoms. The molecule has 0 unspecified atom stereocenters. The SMILES string of the molecule is Nc1c(C(=O)O)cnc(C(F)F)c1Cl. The van der Waals surface area contributed by atoms with Crippen LogP contribution in [0.2, 0.25) is 5.02 Å². The molecular weight excluding hydrogens is 218 g/mol. The molecule has 1 rings (SSSR count). The van der Waals surface area contributed by atoms with Gasteiger partial charge in [0.2, 0.25) is 0 Å². The van der Waals surface area contributed by atoms with E-state index in [4.69, 9.17) is 22.4 Å². The fourth-order valence-corrected chi connectivity index (χ4v) is 1.07. The van der Waals surface area contributed by atoms with Crippen molar-refractivity contribution in [2.75, 3.05) is 5.73 Å². The molecule has 76 valence electrons. The minimum Gasteiger partial charge on any atom is -0.478 e. The number of carbonyl (C=O) groups is 1. The number of alkyl halides is 2. The Hall–Kier alpha value is -1.43. The van der Waals surface area contributed by atoms with E-state index in [1.807, 2.05) is 0 Å². The smallest absolute Gasteiger partial charge is 0.339 e. The molecular formula is C7H5ClF2N2O2. The molecule has 0 aliphatic rings. The second kappa shape index (κ2) is 3.75. The molecule has 14 heavy (non-hydrogen) atoms. The number of aromatic carboxylic acids is 1. The highest BCUT2D eigenvalue weighted by Gasteiger charge is 2.20. The van der Waals surface area contributed by atoms with Crippen molar-refractivity contribution < 1.29 is 18.7 Å². The average molecular weight is 223 g/mol.